The summed E-state index contributed by atoms with van der Waals surface area (Å²) >= 11 is 0. The van der Waals surface area contributed by atoms with Gasteiger partial charge in [-0.1, -0.05) is 31.2 Å². The Morgan fingerprint density at radius 3 is 2.80 bits per heavy atom. The smallest absolute Gasteiger partial charge is 0.221 e. The van der Waals surface area contributed by atoms with Crippen molar-refractivity contribution in [2.24, 2.45) is 0 Å². The van der Waals surface area contributed by atoms with Gasteiger partial charge in [-0.2, -0.15) is 0 Å². The van der Waals surface area contributed by atoms with Gasteiger partial charge < -0.3 is 5.32 Å². The van der Waals surface area contributed by atoms with E-state index < -0.39 is 0 Å². The van der Waals surface area contributed by atoms with Gasteiger partial charge in [0.25, 0.3) is 0 Å². The second-order valence-corrected chi connectivity index (χ2v) is 3.69. The van der Waals surface area contributed by atoms with Crippen molar-refractivity contribution in [1.29, 1.82) is 0 Å². The molecule has 0 aliphatic heterocycles. The van der Waals surface area contributed by atoms with Crippen molar-refractivity contribution >= 4 is 11.6 Å². The largest absolute Gasteiger partial charge is 0.326 e. The summed E-state index contributed by atoms with van der Waals surface area (Å²) in [6, 6.07) is 7.88. The molecule has 0 aliphatic carbocycles. The summed E-state index contributed by atoms with van der Waals surface area (Å²) in [5, 5.41) is 2.84. The monoisotopic (exact) mass is 203 g/mol. The summed E-state index contributed by atoms with van der Waals surface area (Å²) in [4.78, 5) is 11.0. The predicted molar refractivity (Wildman–Crippen MR) is 64.0 cm³/mol. The van der Waals surface area contributed by atoms with Crippen molar-refractivity contribution in [2.45, 2.75) is 26.2 Å². The van der Waals surface area contributed by atoms with Crippen molar-refractivity contribution in [1.82, 2.24) is 0 Å². The summed E-state index contributed by atoms with van der Waals surface area (Å²) in [6.07, 6.45) is 2.81. The van der Waals surface area contributed by atoms with Crippen LogP contribution in [0, 0.1) is 0 Å². The molecule has 0 spiro atoms. The molecule has 1 N–H and O–H groups in total. The molecule has 0 aliphatic rings. The molecular formula is C13H17NO. The van der Waals surface area contributed by atoms with Gasteiger partial charge in [-0.25, -0.2) is 0 Å². The molecule has 1 rings (SSSR count). The number of hydrogen-bond acceptors (Lipinski definition) is 1. The first-order chi connectivity index (χ1) is 7.15. The van der Waals surface area contributed by atoms with Gasteiger partial charge in [-0.05, 0) is 24.0 Å². The lowest BCUT2D eigenvalue weighted by Crippen LogP contribution is -2.09. The summed E-state index contributed by atoms with van der Waals surface area (Å²) in [5.41, 5.74) is 2.06. The van der Waals surface area contributed by atoms with Gasteiger partial charge in [0.1, 0.15) is 0 Å². The summed E-state index contributed by atoms with van der Waals surface area (Å²) in [7, 11) is 0. The zero-order chi connectivity index (χ0) is 11.3. The van der Waals surface area contributed by atoms with E-state index in [9.17, 15) is 4.79 Å². The first-order valence-electron chi connectivity index (χ1n) is 5.12. The van der Waals surface area contributed by atoms with E-state index in [0.717, 1.165) is 17.7 Å². The van der Waals surface area contributed by atoms with Gasteiger partial charge in [-0.3, -0.25) is 4.79 Å². The molecule has 2 heteroatoms. The van der Waals surface area contributed by atoms with Gasteiger partial charge in [0, 0.05) is 12.6 Å². The molecule has 2 nitrogen and oxygen atoms in total. The van der Waals surface area contributed by atoms with Crippen LogP contribution in [-0.4, -0.2) is 5.91 Å². The van der Waals surface area contributed by atoms with Crippen LogP contribution in [0.3, 0.4) is 0 Å². The Morgan fingerprint density at radius 1 is 1.53 bits per heavy atom. The average Bonchev–Trinajstić information content (AvgIpc) is 2.18. The lowest BCUT2D eigenvalue weighted by molar-refractivity contribution is -0.114. The molecule has 0 aromatic heterocycles. The van der Waals surface area contributed by atoms with Gasteiger partial charge in [0.05, 0.1) is 0 Å². The predicted octanol–water partition coefficient (Wildman–Crippen LogP) is 3.32. The summed E-state index contributed by atoms with van der Waals surface area (Å²) in [6.45, 7) is 7.38. The van der Waals surface area contributed by atoms with E-state index in [1.54, 1.807) is 0 Å². The number of nitrogens with one attached hydrogen (secondary N) is 1. The molecule has 1 aromatic rings. The number of carbonyl (C=O) groups is 1. The summed E-state index contributed by atoms with van der Waals surface area (Å²) in [5.74, 6) is 0.346. The van der Waals surface area contributed by atoms with E-state index in [-0.39, 0.29) is 5.91 Å². The van der Waals surface area contributed by atoms with Crippen molar-refractivity contribution in [3.8, 4) is 0 Å². The average molecular weight is 203 g/mol. The number of amides is 1. The Balaban J connectivity index is 2.94. The maximum Gasteiger partial charge on any atom is 0.221 e. The molecule has 1 atom stereocenters. The Kier molecular flexibility index (Phi) is 4.10. The highest BCUT2D eigenvalue weighted by molar-refractivity contribution is 5.89. The highest BCUT2D eigenvalue weighted by Crippen LogP contribution is 2.26. The highest BCUT2D eigenvalue weighted by Gasteiger charge is 2.09. The molecule has 0 fully saturated rings. The molecule has 1 aromatic carbocycles. The molecule has 0 radical (unpaired) electrons. The van der Waals surface area contributed by atoms with Crippen molar-refractivity contribution in [2.75, 3.05) is 5.32 Å². The Morgan fingerprint density at radius 2 is 2.20 bits per heavy atom. The number of rotatable bonds is 4. The number of anilines is 1. The maximum absolute atomic E-state index is 11.0. The molecule has 15 heavy (non-hydrogen) atoms. The quantitative estimate of drug-likeness (QED) is 0.747. The second-order valence-electron chi connectivity index (χ2n) is 3.69. The zero-order valence-electron chi connectivity index (χ0n) is 9.29. The fraction of sp³-hybridized carbons (Fsp3) is 0.308. The lowest BCUT2D eigenvalue weighted by atomic mass is 9.96. The number of benzene rings is 1. The Bertz CT molecular complexity index is 357. The molecule has 0 saturated heterocycles. The maximum atomic E-state index is 11.0. The molecule has 0 unspecified atom stereocenters. The summed E-state index contributed by atoms with van der Waals surface area (Å²) < 4.78 is 0. The minimum atomic E-state index is -0.0340. The molecular weight excluding hydrogens is 186 g/mol. The standard InChI is InChI=1S/C13H17NO/c1-4-7-10(2)12-8-5-6-9-13(12)14-11(3)15/h4-6,8-10H,1,7H2,2-3H3,(H,14,15)/t10-/m0/s1. The second kappa shape index (κ2) is 5.35. The number of para-hydroxylation sites is 1. The minimum absolute atomic E-state index is 0.0340. The molecule has 0 saturated carbocycles. The van der Waals surface area contributed by atoms with Crippen LogP contribution in [0.25, 0.3) is 0 Å². The van der Waals surface area contributed by atoms with E-state index in [2.05, 4.69) is 18.8 Å². The number of hydrogen-bond donors (Lipinski definition) is 1. The SMILES string of the molecule is C=CC[C@H](C)c1ccccc1NC(C)=O. The third kappa shape index (κ3) is 3.24. The molecule has 1 amide bonds. The van der Waals surface area contributed by atoms with Crippen LogP contribution in [0.5, 0.6) is 0 Å². The van der Waals surface area contributed by atoms with Crippen molar-refractivity contribution in [3.63, 3.8) is 0 Å². The van der Waals surface area contributed by atoms with Crippen LogP contribution >= 0.6 is 0 Å². The van der Waals surface area contributed by atoms with Crippen LogP contribution in [-0.2, 0) is 4.79 Å². The zero-order valence-corrected chi connectivity index (χ0v) is 9.29. The molecule has 0 heterocycles. The van der Waals surface area contributed by atoms with Crippen LogP contribution in [0.15, 0.2) is 36.9 Å². The minimum Gasteiger partial charge on any atom is -0.326 e. The van der Waals surface area contributed by atoms with Gasteiger partial charge in [-0.15, -0.1) is 6.58 Å². The number of allylic oxidation sites excluding steroid dienone is 1. The normalized spacial score (nSPS) is 11.9. The highest BCUT2D eigenvalue weighted by atomic mass is 16.1. The van der Waals surface area contributed by atoms with Gasteiger partial charge >= 0.3 is 0 Å². The van der Waals surface area contributed by atoms with Crippen molar-refractivity contribution < 1.29 is 4.79 Å². The van der Waals surface area contributed by atoms with Crippen LogP contribution < -0.4 is 5.32 Å². The van der Waals surface area contributed by atoms with Crippen LogP contribution in [0.1, 0.15) is 31.7 Å². The molecule has 0 bridgehead atoms. The fourth-order valence-electron chi connectivity index (χ4n) is 1.61. The Labute approximate surface area is 91.0 Å². The van der Waals surface area contributed by atoms with E-state index in [1.165, 1.54) is 6.92 Å². The number of carbonyl (C=O) groups excluding carboxylic acids is 1. The van der Waals surface area contributed by atoms with E-state index in [1.807, 2.05) is 30.3 Å². The molecule has 80 valence electrons. The Hall–Kier alpha value is -1.57. The fourth-order valence-corrected chi connectivity index (χ4v) is 1.61. The lowest BCUT2D eigenvalue weighted by Gasteiger charge is -2.14. The van der Waals surface area contributed by atoms with Gasteiger partial charge in [0.15, 0.2) is 0 Å². The third-order valence-corrected chi connectivity index (χ3v) is 2.32. The van der Waals surface area contributed by atoms with E-state index >= 15 is 0 Å². The topological polar surface area (TPSA) is 29.1 Å². The third-order valence-electron chi connectivity index (χ3n) is 2.32. The first-order valence-corrected chi connectivity index (χ1v) is 5.12. The van der Waals surface area contributed by atoms with Crippen LogP contribution in [0.2, 0.25) is 0 Å². The van der Waals surface area contributed by atoms with E-state index in [0.29, 0.717) is 5.92 Å². The van der Waals surface area contributed by atoms with Crippen LogP contribution in [0.4, 0.5) is 5.69 Å². The van der Waals surface area contributed by atoms with E-state index in [4.69, 9.17) is 0 Å². The first kappa shape index (κ1) is 11.5. The van der Waals surface area contributed by atoms with Crippen molar-refractivity contribution in [3.05, 3.63) is 42.5 Å². The van der Waals surface area contributed by atoms with Gasteiger partial charge in [0.2, 0.25) is 5.91 Å².